The van der Waals surface area contributed by atoms with E-state index in [-0.39, 0.29) is 5.82 Å². The topological polar surface area (TPSA) is 43.8 Å². The Kier molecular flexibility index (Phi) is 4.00. The molecule has 0 spiro atoms. The maximum absolute atomic E-state index is 13.2. The fourth-order valence-electron chi connectivity index (χ4n) is 2.50. The Morgan fingerprint density at radius 2 is 2.00 bits per heavy atom. The smallest absolute Gasteiger partial charge is 0.123 e. The average molecular weight is 261 g/mol. The van der Waals surface area contributed by atoms with Crippen LogP contribution in [0.2, 0.25) is 0 Å². The number of hydrogen-bond donors (Lipinski definition) is 1. The summed E-state index contributed by atoms with van der Waals surface area (Å²) in [6.07, 6.45) is 0.977. The maximum atomic E-state index is 13.2. The van der Waals surface area contributed by atoms with Crippen LogP contribution in [0.5, 0.6) is 0 Å². The second-order valence-corrected chi connectivity index (χ2v) is 4.78. The number of rotatable bonds is 4. The Hall–Kier alpha value is -1.68. The van der Waals surface area contributed by atoms with Gasteiger partial charge in [-0.15, -0.1) is 0 Å². The van der Waals surface area contributed by atoms with Gasteiger partial charge < -0.3 is 5.73 Å². The SMILES string of the molecule is CCc1c(C)nn(Cc2ccc(F)cc2CN)c1C. The molecule has 0 bridgehead atoms. The van der Waals surface area contributed by atoms with Crippen LogP contribution in [-0.4, -0.2) is 9.78 Å². The third-order valence-electron chi connectivity index (χ3n) is 3.59. The number of nitrogens with two attached hydrogens (primary N) is 1. The number of benzene rings is 1. The minimum atomic E-state index is -0.244. The minimum Gasteiger partial charge on any atom is -0.326 e. The summed E-state index contributed by atoms with van der Waals surface area (Å²) in [5.41, 5.74) is 11.1. The van der Waals surface area contributed by atoms with Gasteiger partial charge in [0.1, 0.15) is 5.82 Å². The van der Waals surface area contributed by atoms with Gasteiger partial charge in [0.15, 0.2) is 0 Å². The van der Waals surface area contributed by atoms with Crippen LogP contribution in [0.15, 0.2) is 18.2 Å². The predicted octanol–water partition coefficient (Wildman–Crippen LogP) is 2.71. The van der Waals surface area contributed by atoms with Crippen LogP contribution in [0.4, 0.5) is 4.39 Å². The third-order valence-corrected chi connectivity index (χ3v) is 3.59. The van der Waals surface area contributed by atoms with E-state index >= 15 is 0 Å². The zero-order valence-corrected chi connectivity index (χ0v) is 11.7. The van der Waals surface area contributed by atoms with E-state index in [4.69, 9.17) is 5.73 Å². The Balaban J connectivity index is 2.36. The van der Waals surface area contributed by atoms with E-state index in [1.807, 2.05) is 11.6 Å². The molecule has 2 N–H and O–H groups in total. The van der Waals surface area contributed by atoms with Crippen molar-refractivity contribution in [2.45, 2.75) is 40.3 Å². The van der Waals surface area contributed by atoms with Crippen molar-refractivity contribution in [3.63, 3.8) is 0 Å². The van der Waals surface area contributed by atoms with E-state index in [2.05, 4.69) is 18.9 Å². The molecular formula is C15H20FN3. The van der Waals surface area contributed by atoms with Gasteiger partial charge >= 0.3 is 0 Å². The fraction of sp³-hybridized carbons (Fsp3) is 0.400. The molecule has 0 fully saturated rings. The van der Waals surface area contributed by atoms with E-state index in [1.54, 1.807) is 6.07 Å². The number of halogens is 1. The molecule has 1 aromatic heterocycles. The molecule has 0 atom stereocenters. The van der Waals surface area contributed by atoms with Gasteiger partial charge in [0, 0.05) is 12.2 Å². The van der Waals surface area contributed by atoms with Gasteiger partial charge in [-0.3, -0.25) is 4.68 Å². The molecule has 0 aliphatic rings. The first-order valence-corrected chi connectivity index (χ1v) is 6.57. The molecule has 0 unspecified atom stereocenters. The monoisotopic (exact) mass is 261 g/mol. The quantitative estimate of drug-likeness (QED) is 0.919. The first-order valence-electron chi connectivity index (χ1n) is 6.57. The molecule has 0 aliphatic heterocycles. The van der Waals surface area contributed by atoms with Crippen LogP contribution in [0.1, 0.15) is 35.0 Å². The van der Waals surface area contributed by atoms with Crippen molar-refractivity contribution in [3.05, 3.63) is 52.1 Å². The van der Waals surface area contributed by atoms with Gasteiger partial charge in [-0.2, -0.15) is 5.10 Å². The molecule has 0 radical (unpaired) electrons. The lowest BCUT2D eigenvalue weighted by molar-refractivity contribution is 0.617. The standard InChI is InChI=1S/C15H20FN3/c1-4-15-10(2)18-19(11(15)3)9-12-5-6-14(16)7-13(12)8-17/h5-7H,4,8-9,17H2,1-3H3. The highest BCUT2D eigenvalue weighted by molar-refractivity contribution is 5.30. The van der Waals surface area contributed by atoms with Gasteiger partial charge in [-0.1, -0.05) is 13.0 Å². The zero-order chi connectivity index (χ0) is 14.0. The first-order chi connectivity index (χ1) is 9.06. The summed E-state index contributed by atoms with van der Waals surface area (Å²) in [7, 11) is 0. The van der Waals surface area contributed by atoms with Crippen molar-refractivity contribution in [3.8, 4) is 0 Å². The Bertz CT molecular complexity index is 587. The lowest BCUT2D eigenvalue weighted by Gasteiger charge is -2.10. The van der Waals surface area contributed by atoms with E-state index in [0.717, 1.165) is 23.2 Å². The predicted molar refractivity (Wildman–Crippen MR) is 74.5 cm³/mol. The molecule has 2 aromatic rings. The van der Waals surface area contributed by atoms with Crippen LogP contribution in [-0.2, 0) is 19.5 Å². The van der Waals surface area contributed by atoms with Gasteiger partial charge in [-0.05, 0) is 49.1 Å². The highest BCUT2D eigenvalue weighted by Gasteiger charge is 2.11. The summed E-state index contributed by atoms with van der Waals surface area (Å²) in [6, 6.07) is 4.77. The van der Waals surface area contributed by atoms with Crippen molar-refractivity contribution >= 4 is 0 Å². The largest absolute Gasteiger partial charge is 0.326 e. The molecule has 0 amide bonds. The van der Waals surface area contributed by atoms with Crippen molar-refractivity contribution in [1.82, 2.24) is 9.78 Å². The van der Waals surface area contributed by atoms with Gasteiger partial charge in [0.05, 0.1) is 12.2 Å². The number of hydrogen-bond acceptors (Lipinski definition) is 2. The molecule has 0 aliphatic carbocycles. The third kappa shape index (κ3) is 2.68. The number of aromatic nitrogens is 2. The van der Waals surface area contributed by atoms with Gasteiger partial charge in [-0.25, -0.2) is 4.39 Å². The minimum absolute atomic E-state index is 0.244. The summed E-state index contributed by atoms with van der Waals surface area (Å²) in [5.74, 6) is -0.244. The number of nitrogens with zero attached hydrogens (tertiary/aromatic N) is 2. The average Bonchev–Trinajstić information content (AvgIpc) is 2.66. The summed E-state index contributed by atoms with van der Waals surface area (Å²) in [6.45, 7) is 7.21. The normalized spacial score (nSPS) is 11.0. The van der Waals surface area contributed by atoms with E-state index in [1.165, 1.54) is 23.4 Å². The van der Waals surface area contributed by atoms with Crippen LogP contribution >= 0.6 is 0 Å². The molecular weight excluding hydrogens is 241 g/mol. The lowest BCUT2D eigenvalue weighted by Crippen LogP contribution is -2.09. The van der Waals surface area contributed by atoms with Crippen LogP contribution in [0, 0.1) is 19.7 Å². The summed E-state index contributed by atoms with van der Waals surface area (Å²) in [5, 5.41) is 4.56. The van der Waals surface area contributed by atoms with Gasteiger partial charge in [0.2, 0.25) is 0 Å². The summed E-state index contributed by atoms with van der Waals surface area (Å²) < 4.78 is 15.2. The highest BCUT2D eigenvalue weighted by Crippen LogP contribution is 2.17. The maximum Gasteiger partial charge on any atom is 0.123 e. The van der Waals surface area contributed by atoms with E-state index in [9.17, 15) is 4.39 Å². The molecule has 1 heterocycles. The molecule has 1 aromatic carbocycles. The zero-order valence-electron chi connectivity index (χ0n) is 11.7. The molecule has 102 valence electrons. The Morgan fingerprint density at radius 1 is 1.26 bits per heavy atom. The van der Waals surface area contributed by atoms with Crippen LogP contribution < -0.4 is 5.73 Å². The van der Waals surface area contributed by atoms with E-state index < -0.39 is 0 Å². The fourth-order valence-corrected chi connectivity index (χ4v) is 2.50. The second kappa shape index (κ2) is 5.53. The molecule has 0 saturated heterocycles. The molecule has 0 saturated carbocycles. The summed E-state index contributed by atoms with van der Waals surface area (Å²) in [4.78, 5) is 0. The van der Waals surface area contributed by atoms with Crippen LogP contribution in [0.3, 0.4) is 0 Å². The van der Waals surface area contributed by atoms with Crippen molar-refractivity contribution < 1.29 is 4.39 Å². The molecule has 4 heteroatoms. The van der Waals surface area contributed by atoms with Crippen LogP contribution in [0.25, 0.3) is 0 Å². The van der Waals surface area contributed by atoms with Gasteiger partial charge in [0.25, 0.3) is 0 Å². The molecule has 3 nitrogen and oxygen atoms in total. The molecule has 2 rings (SSSR count). The Labute approximate surface area is 113 Å². The van der Waals surface area contributed by atoms with Crippen molar-refractivity contribution in [2.75, 3.05) is 0 Å². The van der Waals surface area contributed by atoms with E-state index in [0.29, 0.717) is 13.1 Å². The summed E-state index contributed by atoms with van der Waals surface area (Å²) >= 11 is 0. The Morgan fingerprint density at radius 3 is 2.58 bits per heavy atom. The second-order valence-electron chi connectivity index (χ2n) is 4.78. The first kappa shape index (κ1) is 13.7. The highest BCUT2D eigenvalue weighted by atomic mass is 19.1. The van der Waals surface area contributed by atoms with Crippen molar-refractivity contribution in [1.29, 1.82) is 0 Å². The van der Waals surface area contributed by atoms with Crippen molar-refractivity contribution in [2.24, 2.45) is 5.73 Å². The lowest BCUT2D eigenvalue weighted by atomic mass is 10.1. The number of aryl methyl sites for hydroxylation is 1. The molecule has 19 heavy (non-hydrogen) atoms.